The second-order valence-corrected chi connectivity index (χ2v) is 31.5. The van der Waals surface area contributed by atoms with Crippen LogP contribution >= 0.6 is 45.3 Å². The van der Waals surface area contributed by atoms with Gasteiger partial charge in [-0.1, -0.05) is 233 Å². The maximum atomic E-state index is 14.2. The summed E-state index contributed by atoms with van der Waals surface area (Å²) in [4.78, 5) is 34.7. The number of Topliss-reactive ketones (excluding diaryl/α,β-unsaturated/α-hetero) is 2. The lowest BCUT2D eigenvalue weighted by molar-refractivity contribution is 0.103. The van der Waals surface area contributed by atoms with Crippen molar-refractivity contribution in [2.24, 2.45) is 0 Å². The minimum Gasteiger partial charge on any atom is -0.289 e. The van der Waals surface area contributed by atoms with Crippen LogP contribution in [0.3, 0.4) is 0 Å². The number of carbonyl (C=O) groups excluding carboxylic acids is 2. The number of fused-ring (bicyclic) bond motifs is 11. The van der Waals surface area contributed by atoms with Gasteiger partial charge < -0.3 is 0 Å². The molecule has 4 heterocycles. The van der Waals surface area contributed by atoms with E-state index in [9.17, 15) is 30.6 Å². The Morgan fingerprint density at radius 3 is 1.18 bits per heavy atom. The Morgan fingerprint density at radius 2 is 0.784 bits per heavy atom. The van der Waals surface area contributed by atoms with E-state index in [2.05, 4.69) is 198 Å². The fraction of sp³-hybridized carbons (Fsp3) is 0.174. The summed E-state index contributed by atoms with van der Waals surface area (Å²) in [6, 6.07) is 82.8. The predicted molar refractivity (Wildman–Crippen MR) is 420 cm³/mol. The number of benzene rings is 8. The highest BCUT2D eigenvalue weighted by Crippen LogP contribution is 2.69. The van der Waals surface area contributed by atoms with E-state index in [4.69, 9.17) is 0 Å². The van der Waals surface area contributed by atoms with Crippen LogP contribution in [0, 0.1) is 59.2 Å². The van der Waals surface area contributed by atoms with Crippen LogP contribution in [0.15, 0.2) is 229 Å². The minimum absolute atomic E-state index is 0.0824. The molecule has 102 heavy (non-hydrogen) atoms. The second kappa shape index (κ2) is 26.9. The molecular weight excluding hydrogens is 1320 g/mol. The summed E-state index contributed by atoms with van der Waals surface area (Å²) in [5.74, 6) is -0.396. The van der Waals surface area contributed by atoms with E-state index < -0.39 is 10.8 Å². The maximum Gasteiger partial charge on any atom is 0.194 e. The lowest BCUT2D eigenvalue weighted by atomic mass is 9.66. The molecule has 4 aromatic heterocycles. The largest absolute Gasteiger partial charge is 0.289 e. The molecule has 0 bridgehead atoms. The molecule has 0 amide bonds. The van der Waals surface area contributed by atoms with E-state index >= 15 is 0 Å². The van der Waals surface area contributed by atoms with Gasteiger partial charge in [-0.2, -0.15) is 21.0 Å². The third kappa shape index (κ3) is 10.6. The molecule has 492 valence electrons. The standard InChI is InChI=1S/C92H68N4O2S4/c1-5-7-9-11-23-57-25-19-29-65(45-57)91(63-27-17-21-55(3)43-63)77-47-59(79-41-37-67(99-79)49-75-81(61(51-93)52-94)69-31-13-15-33-71(69)85(75)97)35-39-73(77)87-83(91)89-90(101-87)84-88(102-89)74-40-36-60(80-42-38-68(100-80)50-76-82(62(53-95)54-96)70-32-14-16-34-72(70)86(76)98)48-78(74)92(84,64-28-18-22-56(4)44-64)66-30-20-26-58(46-66)24-12-10-8-6-2/h13-22,25-50H,5-12,23-24H2,1-4H3/b75-49-,76-50-. The smallest absolute Gasteiger partial charge is 0.194 e. The zero-order valence-corrected chi connectivity index (χ0v) is 60.4. The van der Waals surface area contributed by atoms with Gasteiger partial charge in [0.2, 0.25) is 0 Å². The van der Waals surface area contributed by atoms with Gasteiger partial charge in [-0.3, -0.25) is 9.59 Å². The fourth-order valence-corrected chi connectivity index (χ4v) is 21.6. The number of hydrogen-bond acceptors (Lipinski definition) is 10. The summed E-state index contributed by atoms with van der Waals surface area (Å²) in [7, 11) is 0. The molecule has 0 saturated heterocycles. The van der Waals surface area contributed by atoms with Crippen LogP contribution in [0.25, 0.3) is 74.5 Å². The first kappa shape index (κ1) is 65.7. The zero-order valence-electron chi connectivity index (χ0n) is 57.1. The van der Waals surface area contributed by atoms with Crippen molar-refractivity contribution < 1.29 is 9.59 Å². The summed E-state index contributed by atoms with van der Waals surface area (Å²) in [6.45, 7) is 8.96. The number of allylic oxidation sites excluding steroid dienone is 6. The summed E-state index contributed by atoms with van der Waals surface area (Å²) >= 11 is 7.08. The van der Waals surface area contributed by atoms with Gasteiger partial charge in [-0.25, -0.2) is 0 Å². The SMILES string of the molecule is CCCCCCc1cccc(C2(c3cccc(C)c3)c3cc(-c4ccc(/C=C5\C(=O)c6ccccc6C5=C(C#N)C#N)s4)ccc3-c3sc4c5c(sc4c32)-c2ccc(-c3ccc(/C=C4\C(=O)c6ccccc6C4=C(C#N)C#N)s3)cc2C5(c2cccc(C)c2)c2cccc(CCCCCC)c2)c1. The second-order valence-electron chi connectivity index (χ2n) is 27.3. The monoisotopic (exact) mass is 1390 g/mol. The number of thiophene rings is 4. The number of hydrogen-bond donors (Lipinski definition) is 0. The Balaban J connectivity index is 0.925. The number of nitriles is 4. The summed E-state index contributed by atoms with van der Waals surface area (Å²) < 4.78 is 2.56. The van der Waals surface area contributed by atoms with Gasteiger partial charge in [0.1, 0.15) is 35.4 Å². The maximum absolute atomic E-state index is 14.2. The number of nitrogens with zero attached hydrogens (tertiary/aromatic N) is 4. The fourth-order valence-electron chi connectivity index (χ4n) is 16.5. The van der Waals surface area contributed by atoms with E-state index in [0.29, 0.717) is 44.5 Å². The van der Waals surface area contributed by atoms with Gasteiger partial charge in [-0.05, 0) is 166 Å². The Bertz CT molecular complexity index is 5450. The van der Waals surface area contributed by atoms with E-state index in [1.165, 1.54) is 136 Å². The van der Waals surface area contributed by atoms with Crippen LogP contribution < -0.4 is 0 Å². The molecule has 0 aliphatic heterocycles. The lowest BCUT2D eigenvalue weighted by Gasteiger charge is -2.35. The van der Waals surface area contributed by atoms with Crippen LogP contribution in [0.1, 0.15) is 174 Å². The normalized spacial score (nSPS) is 16.7. The average Bonchev–Trinajstić information content (AvgIpc) is 1.49. The van der Waals surface area contributed by atoms with Crippen molar-refractivity contribution in [1.29, 1.82) is 21.0 Å². The van der Waals surface area contributed by atoms with Crippen molar-refractivity contribution in [3.8, 4) is 66.0 Å². The van der Waals surface area contributed by atoms with Crippen LogP contribution in [-0.2, 0) is 23.7 Å². The molecular formula is C92H68N4O2S4. The summed E-state index contributed by atoms with van der Waals surface area (Å²) in [6.07, 6.45) is 15.0. The van der Waals surface area contributed by atoms with E-state index in [1.54, 1.807) is 34.8 Å². The Kier molecular flexibility index (Phi) is 17.3. The van der Waals surface area contributed by atoms with E-state index in [1.807, 2.05) is 83.4 Å². The number of ketones is 2. The molecule has 4 aliphatic rings. The highest BCUT2D eigenvalue weighted by molar-refractivity contribution is 7.32. The van der Waals surface area contributed by atoms with Crippen LogP contribution in [-0.4, -0.2) is 11.6 Å². The van der Waals surface area contributed by atoms with Crippen molar-refractivity contribution in [3.63, 3.8) is 0 Å². The molecule has 2 unspecified atom stereocenters. The summed E-state index contributed by atoms with van der Waals surface area (Å²) in [5.41, 5.74) is 21.4. The molecule has 12 aromatic rings. The van der Waals surface area contributed by atoms with Crippen molar-refractivity contribution in [2.75, 3.05) is 0 Å². The highest BCUT2D eigenvalue weighted by Gasteiger charge is 2.54. The van der Waals surface area contributed by atoms with Crippen LogP contribution in [0.5, 0.6) is 0 Å². The van der Waals surface area contributed by atoms with Gasteiger partial charge in [0.25, 0.3) is 0 Å². The van der Waals surface area contributed by atoms with Crippen molar-refractivity contribution in [3.05, 3.63) is 327 Å². The first-order valence-corrected chi connectivity index (χ1v) is 38.5. The Hall–Kier alpha value is -10.9. The van der Waals surface area contributed by atoms with Gasteiger partial charge in [0, 0.05) is 73.8 Å². The molecule has 8 aromatic carbocycles. The third-order valence-corrected chi connectivity index (χ3v) is 25.9. The predicted octanol–water partition coefficient (Wildman–Crippen LogP) is 24.2. The number of carbonyl (C=O) groups is 2. The third-order valence-electron chi connectivity index (χ3n) is 21.1. The Labute approximate surface area is 611 Å². The quantitative estimate of drug-likeness (QED) is 0.0478. The number of unbranched alkanes of at least 4 members (excludes halogenated alkanes) is 6. The topological polar surface area (TPSA) is 129 Å². The number of rotatable bonds is 18. The van der Waals surface area contributed by atoms with Crippen LogP contribution in [0.4, 0.5) is 0 Å². The van der Waals surface area contributed by atoms with Gasteiger partial charge in [0.15, 0.2) is 11.6 Å². The van der Waals surface area contributed by atoms with E-state index in [-0.39, 0.29) is 22.7 Å². The number of aryl methyl sites for hydroxylation is 4. The van der Waals surface area contributed by atoms with E-state index in [0.717, 1.165) is 56.3 Å². The molecule has 10 heteroatoms. The molecule has 0 spiro atoms. The molecule has 0 radical (unpaired) electrons. The molecule has 4 aliphatic carbocycles. The molecule has 0 fully saturated rings. The lowest BCUT2D eigenvalue weighted by Crippen LogP contribution is -2.29. The van der Waals surface area contributed by atoms with Gasteiger partial charge >= 0.3 is 0 Å². The van der Waals surface area contributed by atoms with Crippen molar-refractivity contribution in [2.45, 2.75) is 103 Å². The molecule has 2 atom stereocenters. The summed E-state index contributed by atoms with van der Waals surface area (Å²) in [5, 5.41) is 40.8. The van der Waals surface area contributed by atoms with Crippen molar-refractivity contribution >= 4 is 89.6 Å². The molecule has 16 rings (SSSR count). The Morgan fingerprint density at radius 1 is 0.392 bits per heavy atom. The van der Waals surface area contributed by atoms with Gasteiger partial charge in [0.05, 0.1) is 20.2 Å². The van der Waals surface area contributed by atoms with Crippen molar-refractivity contribution in [1.82, 2.24) is 0 Å². The molecule has 0 saturated carbocycles. The molecule has 0 N–H and O–H groups in total. The van der Waals surface area contributed by atoms with Gasteiger partial charge in [-0.15, -0.1) is 45.3 Å². The first-order valence-electron chi connectivity index (χ1n) is 35.2. The van der Waals surface area contributed by atoms with Crippen LogP contribution in [0.2, 0.25) is 0 Å². The first-order chi connectivity index (χ1) is 49.9. The average molecular weight is 1390 g/mol. The zero-order chi connectivity index (χ0) is 70.0. The highest BCUT2D eigenvalue weighted by atomic mass is 32.1. The minimum atomic E-state index is -0.783. The molecule has 6 nitrogen and oxygen atoms in total.